The summed E-state index contributed by atoms with van der Waals surface area (Å²) in [7, 11) is 0. The molecule has 0 radical (unpaired) electrons. The largest absolute Gasteiger partial charge is 0.476 e. The van der Waals surface area contributed by atoms with Crippen LogP contribution in [0.25, 0.3) is 0 Å². The monoisotopic (exact) mass is 209 g/mol. The molecule has 0 bridgehead atoms. The molecule has 0 saturated carbocycles. The second-order valence-corrected chi connectivity index (χ2v) is 2.49. The predicted octanol–water partition coefficient (Wildman–Crippen LogP) is 1.95. The lowest BCUT2D eigenvalue weighted by Gasteiger charge is -2.04. The number of aryl methyl sites for hydroxylation is 1. The SMILES string of the molecule is CCc1onc(C(=O)O)c1C(F)(F)F. The van der Waals surface area contributed by atoms with Gasteiger partial charge in [0.05, 0.1) is 0 Å². The Morgan fingerprint density at radius 3 is 2.50 bits per heavy atom. The average molecular weight is 209 g/mol. The molecular formula is C7H6F3NO3. The lowest BCUT2D eigenvalue weighted by molar-refractivity contribution is -0.139. The fraction of sp³-hybridized carbons (Fsp3) is 0.429. The van der Waals surface area contributed by atoms with E-state index in [1.807, 2.05) is 0 Å². The van der Waals surface area contributed by atoms with E-state index in [-0.39, 0.29) is 6.42 Å². The molecule has 0 aliphatic rings. The van der Waals surface area contributed by atoms with Gasteiger partial charge < -0.3 is 9.63 Å². The molecule has 4 nitrogen and oxygen atoms in total. The third-order valence-electron chi connectivity index (χ3n) is 1.57. The van der Waals surface area contributed by atoms with Crippen LogP contribution in [0.4, 0.5) is 13.2 Å². The first-order valence-electron chi connectivity index (χ1n) is 3.67. The highest BCUT2D eigenvalue weighted by atomic mass is 19.4. The lowest BCUT2D eigenvalue weighted by atomic mass is 10.1. The van der Waals surface area contributed by atoms with Gasteiger partial charge >= 0.3 is 12.1 Å². The van der Waals surface area contributed by atoms with E-state index < -0.39 is 29.2 Å². The highest BCUT2D eigenvalue weighted by Crippen LogP contribution is 2.34. The molecule has 0 amide bonds. The summed E-state index contributed by atoms with van der Waals surface area (Å²) in [5.41, 5.74) is -2.39. The Labute approximate surface area is 76.3 Å². The topological polar surface area (TPSA) is 63.3 Å². The van der Waals surface area contributed by atoms with Crippen LogP contribution < -0.4 is 0 Å². The molecule has 78 valence electrons. The Morgan fingerprint density at radius 2 is 2.14 bits per heavy atom. The van der Waals surface area contributed by atoms with Crippen LogP contribution in [-0.4, -0.2) is 16.2 Å². The minimum atomic E-state index is -4.75. The summed E-state index contributed by atoms with van der Waals surface area (Å²) in [5, 5.41) is 11.3. The summed E-state index contributed by atoms with van der Waals surface area (Å²) in [4.78, 5) is 10.4. The van der Waals surface area contributed by atoms with E-state index in [9.17, 15) is 18.0 Å². The molecule has 1 aromatic heterocycles. The quantitative estimate of drug-likeness (QED) is 0.808. The second kappa shape index (κ2) is 3.32. The number of aromatic carboxylic acids is 1. The number of hydrogen-bond acceptors (Lipinski definition) is 3. The summed E-state index contributed by atoms with van der Waals surface area (Å²) in [6.07, 6.45) is -4.81. The van der Waals surface area contributed by atoms with E-state index in [2.05, 4.69) is 9.68 Å². The fourth-order valence-corrected chi connectivity index (χ4v) is 1.00. The zero-order valence-corrected chi connectivity index (χ0v) is 7.05. The van der Waals surface area contributed by atoms with Gasteiger partial charge in [-0.3, -0.25) is 0 Å². The van der Waals surface area contributed by atoms with Gasteiger partial charge in [0.25, 0.3) is 0 Å². The molecule has 0 aliphatic heterocycles. The molecule has 7 heteroatoms. The Kier molecular flexibility index (Phi) is 2.50. The van der Waals surface area contributed by atoms with E-state index in [1.54, 1.807) is 0 Å². The smallest absolute Gasteiger partial charge is 0.422 e. The Bertz CT molecular complexity index is 356. The van der Waals surface area contributed by atoms with Crippen molar-refractivity contribution in [1.82, 2.24) is 5.16 Å². The molecular weight excluding hydrogens is 203 g/mol. The lowest BCUT2D eigenvalue weighted by Crippen LogP contribution is -2.13. The van der Waals surface area contributed by atoms with Crippen LogP contribution in [0.5, 0.6) is 0 Å². The molecule has 1 aromatic rings. The Morgan fingerprint density at radius 1 is 1.57 bits per heavy atom. The maximum absolute atomic E-state index is 12.3. The summed E-state index contributed by atoms with van der Waals surface area (Å²) < 4.78 is 41.3. The minimum absolute atomic E-state index is 0.0604. The number of alkyl halides is 3. The molecule has 0 aromatic carbocycles. The summed E-state index contributed by atoms with van der Waals surface area (Å²) in [6.45, 7) is 1.42. The van der Waals surface area contributed by atoms with Gasteiger partial charge in [-0.05, 0) is 0 Å². The molecule has 0 aliphatic carbocycles. The Hall–Kier alpha value is -1.53. The molecule has 0 spiro atoms. The van der Waals surface area contributed by atoms with Crippen molar-refractivity contribution < 1.29 is 27.6 Å². The molecule has 1 N–H and O–H groups in total. The van der Waals surface area contributed by atoms with Crippen molar-refractivity contribution in [1.29, 1.82) is 0 Å². The van der Waals surface area contributed by atoms with E-state index in [0.29, 0.717) is 0 Å². The van der Waals surface area contributed by atoms with Gasteiger partial charge in [-0.2, -0.15) is 13.2 Å². The van der Waals surface area contributed by atoms with Crippen molar-refractivity contribution in [3.05, 3.63) is 17.0 Å². The molecule has 0 saturated heterocycles. The standard InChI is InChI=1S/C7H6F3NO3/c1-2-3-4(7(8,9)10)5(6(12)13)11-14-3/h2H2,1H3,(H,12,13). The number of carbonyl (C=O) groups is 1. The molecule has 0 fully saturated rings. The van der Waals surface area contributed by atoms with Gasteiger partial charge in [-0.15, -0.1) is 0 Å². The van der Waals surface area contributed by atoms with Crippen LogP contribution >= 0.6 is 0 Å². The van der Waals surface area contributed by atoms with Crippen LogP contribution in [0, 0.1) is 0 Å². The predicted molar refractivity (Wildman–Crippen MR) is 37.8 cm³/mol. The average Bonchev–Trinajstić information content (AvgIpc) is 2.45. The molecule has 1 heterocycles. The number of rotatable bonds is 2. The summed E-state index contributed by atoms with van der Waals surface area (Å²) in [6, 6.07) is 0. The van der Waals surface area contributed by atoms with Gasteiger partial charge in [0.2, 0.25) is 5.69 Å². The molecule has 0 atom stereocenters. The van der Waals surface area contributed by atoms with Crippen molar-refractivity contribution in [2.75, 3.05) is 0 Å². The zero-order valence-electron chi connectivity index (χ0n) is 7.05. The minimum Gasteiger partial charge on any atom is -0.476 e. The number of carboxylic acids is 1. The maximum Gasteiger partial charge on any atom is 0.422 e. The maximum atomic E-state index is 12.3. The zero-order chi connectivity index (χ0) is 10.9. The normalized spacial score (nSPS) is 11.7. The van der Waals surface area contributed by atoms with Gasteiger partial charge in [0.15, 0.2) is 0 Å². The number of carboxylic acid groups (broad SMARTS) is 1. The first-order chi connectivity index (χ1) is 6.38. The third kappa shape index (κ3) is 1.70. The number of nitrogens with zero attached hydrogens (tertiary/aromatic N) is 1. The number of hydrogen-bond donors (Lipinski definition) is 1. The highest BCUT2D eigenvalue weighted by molar-refractivity contribution is 5.87. The van der Waals surface area contributed by atoms with Crippen molar-refractivity contribution in [2.24, 2.45) is 0 Å². The van der Waals surface area contributed by atoms with E-state index in [0.717, 1.165) is 0 Å². The van der Waals surface area contributed by atoms with E-state index in [4.69, 9.17) is 5.11 Å². The van der Waals surface area contributed by atoms with Crippen molar-refractivity contribution in [2.45, 2.75) is 19.5 Å². The first-order valence-corrected chi connectivity index (χ1v) is 3.67. The van der Waals surface area contributed by atoms with Gasteiger partial charge in [-0.1, -0.05) is 12.1 Å². The van der Waals surface area contributed by atoms with Crippen LogP contribution in [0.3, 0.4) is 0 Å². The van der Waals surface area contributed by atoms with Crippen LogP contribution in [-0.2, 0) is 12.6 Å². The van der Waals surface area contributed by atoms with Gasteiger partial charge in [0.1, 0.15) is 11.3 Å². The molecule has 0 unspecified atom stereocenters. The van der Waals surface area contributed by atoms with E-state index in [1.165, 1.54) is 6.92 Å². The summed E-state index contributed by atoms with van der Waals surface area (Å²) in [5.74, 6) is -2.21. The third-order valence-corrected chi connectivity index (χ3v) is 1.57. The first kappa shape index (κ1) is 10.6. The second-order valence-electron chi connectivity index (χ2n) is 2.49. The van der Waals surface area contributed by atoms with Crippen molar-refractivity contribution in [3.8, 4) is 0 Å². The van der Waals surface area contributed by atoms with Crippen LogP contribution in [0.2, 0.25) is 0 Å². The van der Waals surface area contributed by atoms with Gasteiger partial charge in [0, 0.05) is 6.42 Å². The van der Waals surface area contributed by atoms with Crippen LogP contribution in [0.1, 0.15) is 28.7 Å². The number of aromatic nitrogens is 1. The van der Waals surface area contributed by atoms with Crippen molar-refractivity contribution >= 4 is 5.97 Å². The van der Waals surface area contributed by atoms with Gasteiger partial charge in [-0.25, -0.2) is 4.79 Å². The van der Waals surface area contributed by atoms with Crippen molar-refractivity contribution in [3.63, 3.8) is 0 Å². The summed E-state index contributed by atoms with van der Waals surface area (Å²) >= 11 is 0. The number of halogens is 3. The highest BCUT2D eigenvalue weighted by Gasteiger charge is 2.41. The van der Waals surface area contributed by atoms with Crippen LogP contribution in [0.15, 0.2) is 4.52 Å². The fourth-order valence-electron chi connectivity index (χ4n) is 1.00. The molecule has 1 rings (SSSR count). The Balaban J connectivity index is 3.34. The van der Waals surface area contributed by atoms with E-state index >= 15 is 0 Å². The molecule has 14 heavy (non-hydrogen) atoms.